The monoisotopic (exact) mass is 129 g/mol. The van der Waals surface area contributed by atoms with E-state index in [1.165, 1.54) is 0 Å². The molecule has 0 bridgehead atoms. The number of hydrogen-bond acceptors (Lipinski definition) is 1. The second-order valence-corrected chi connectivity index (χ2v) is 2.85. The summed E-state index contributed by atoms with van der Waals surface area (Å²) in [5.41, 5.74) is -0.518. The van der Waals surface area contributed by atoms with Crippen LogP contribution in [0.25, 0.3) is 0 Å². The number of rotatable bonds is 4. The van der Waals surface area contributed by atoms with E-state index in [4.69, 9.17) is 0 Å². The van der Waals surface area contributed by atoms with E-state index in [2.05, 4.69) is 13.8 Å². The van der Waals surface area contributed by atoms with Crippen molar-refractivity contribution in [3.8, 4) is 0 Å². The molecule has 0 aliphatic heterocycles. The highest BCUT2D eigenvalue weighted by Gasteiger charge is 2.15. The Bertz CT molecular complexity index is 67.0. The van der Waals surface area contributed by atoms with Gasteiger partial charge in [0.05, 0.1) is 5.60 Å². The fourth-order valence-corrected chi connectivity index (χ4v) is 0.683. The van der Waals surface area contributed by atoms with Gasteiger partial charge in [-0.3, -0.25) is 0 Å². The minimum atomic E-state index is -0.518. The molecule has 0 saturated heterocycles. The summed E-state index contributed by atoms with van der Waals surface area (Å²) >= 11 is 0. The maximum atomic E-state index is 9.39. The SMILES string of the molecule is [CH2]CC(C)(O)CCCC. The molecule has 0 aromatic carbocycles. The lowest BCUT2D eigenvalue weighted by molar-refractivity contribution is 0.0510. The van der Waals surface area contributed by atoms with E-state index in [1.807, 2.05) is 6.92 Å². The third-order valence-corrected chi connectivity index (χ3v) is 1.61. The first-order chi connectivity index (χ1) is 4.12. The molecule has 0 aliphatic rings. The molecule has 0 aromatic rings. The first kappa shape index (κ1) is 8.96. The fourth-order valence-electron chi connectivity index (χ4n) is 0.683. The van der Waals surface area contributed by atoms with Crippen LogP contribution in [-0.2, 0) is 0 Å². The highest BCUT2D eigenvalue weighted by molar-refractivity contribution is 4.72. The summed E-state index contributed by atoms with van der Waals surface area (Å²) < 4.78 is 0. The molecule has 0 fully saturated rings. The van der Waals surface area contributed by atoms with Gasteiger partial charge in [0, 0.05) is 0 Å². The molecule has 0 aromatic heterocycles. The van der Waals surface area contributed by atoms with Crippen molar-refractivity contribution >= 4 is 0 Å². The molecule has 1 radical (unpaired) electrons. The third kappa shape index (κ3) is 4.46. The molecule has 0 amide bonds. The molecule has 1 atom stereocenters. The lowest BCUT2D eigenvalue weighted by Gasteiger charge is -2.20. The van der Waals surface area contributed by atoms with Crippen LogP contribution in [0, 0.1) is 6.92 Å². The van der Waals surface area contributed by atoms with E-state index in [1.54, 1.807) is 0 Å². The summed E-state index contributed by atoms with van der Waals surface area (Å²) in [5.74, 6) is 0. The van der Waals surface area contributed by atoms with E-state index in [0.29, 0.717) is 6.42 Å². The van der Waals surface area contributed by atoms with Crippen LogP contribution in [0.1, 0.15) is 39.5 Å². The molecule has 9 heavy (non-hydrogen) atoms. The summed E-state index contributed by atoms with van der Waals surface area (Å²) in [5, 5.41) is 9.39. The van der Waals surface area contributed by atoms with Crippen LogP contribution < -0.4 is 0 Å². The quantitative estimate of drug-likeness (QED) is 0.616. The average Bonchev–Trinajstić information content (AvgIpc) is 1.84. The van der Waals surface area contributed by atoms with E-state index >= 15 is 0 Å². The van der Waals surface area contributed by atoms with Gasteiger partial charge in [0.2, 0.25) is 0 Å². The van der Waals surface area contributed by atoms with Crippen molar-refractivity contribution in [1.29, 1.82) is 0 Å². The standard InChI is InChI=1S/C8H17O/c1-4-6-7-8(3,9)5-2/h9H,2,4-7H2,1,3H3. The molecule has 1 nitrogen and oxygen atoms in total. The minimum Gasteiger partial charge on any atom is -0.390 e. The first-order valence-electron chi connectivity index (χ1n) is 3.64. The second kappa shape index (κ2) is 3.89. The second-order valence-electron chi connectivity index (χ2n) is 2.85. The van der Waals surface area contributed by atoms with Gasteiger partial charge in [-0.15, -0.1) is 0 Å². The first-order valence-corrected chi connectivity index (χ1v) is 3.64. The van der Waals surface area contributed by atoms with Gasteiger partial charge in [0.1, 0.15) is 0 Å². The maximum Gasteiger partial charge on any atom is 0.0619 e. The molecule has 0 rings (SSSR count). The average molecular weight is 129 g/mol. The van der Waals surface area contributed by atoms with Gasteiger partial charge in [-0.25, -0.2) is 0 Å². The Morgan fingerprint density at radius 3 is 2.44 bits per heavy atom. The molecule has 0 aliphatic carbocycles. The zero-order valence-corrected chi connectivity index (χ0v) is 6.48. The van der Waals surface area contributed by atoms with Crippen LogP contribution in [0.3, 0.4) is 0 Å². The van der Waals surface area contributed by atoms with Crippen LogP contribution in [0.5, 0.6) is 0 Å². The molecular formula is C8H17O. The van der Waals surface area contributed by atoms with Gasteiger partial charge in [-0.1, -0.05) is 26.7 Å². The van der Waals surface area contributed by atoms with Crippen LogP contribution >= 0.6 is 0 Å². The Morgan fingerprint density at radius 2 is 2.11 bits per heavy atom. The van der Waals surface area contributed by atoms with Crippen LogP contribution in [0.15, 0.2) is 0 Å². The van der Waals surface area contributed by atoms with Gasteiger partial charge in [-0.2, -0.15) is 0 Å². The van der Waals surface area contributed by atoms with Crippen molar-refractivity contribution in [3.05, 3.63) is 6.92 Å². The zero-order chi connectivity index (χ0) is 7.33. The summed E-state index contributed by atoms with van der Waals surface area (Å²) in [7, 11) is 0. The summed E-state index contributed by atoms with van der Waals surface area (Å²) in [6, 6.07) is 0. The van der Waals surface area contributed by atoms with Gasteiger partial charge in [-0.05, 0) is 19.8 Å². The van der Waals surface area contributed by atoms with Crippen molar-refractivity contribution in [2.24, 2.45) is 0 Å². The third-order valence-electron chi connectivity index (χ3n) is 1.61. The minimum absolute atomic E-state index is 0.518. The molecule has 0 spiro atoms. The van der Waals surface area contributed by atoms with Gasteiger partial charge in [0.25, 0.3) is 0 Å². The van der Waals surface area contributed by atoms with Crippen molar-refractivity contribution < 1.29 is 5.11 Å². The topological polar surface area (TPSA) is 20.2 Å². The highest BCUT2D eigenvalue weighted by atomic mass is 16.3. The van der Waals surface area contributed by atoms with Crippen LogP contribution in [-0.4, -0.2) is 10.7 Å². The van der Waals surface area contributed by atoms with Crippen LogP contribution in [0.2, 0.25) is 0 Å². The largest absolute Gasteiger partial charge is 0.390 e. The molecule has 1 heteroatoms. The smallest absolute Gasteiger partial charge is 0.0619 e. The highest BCUT2D eigenvalue weighted by Crippen LogP contribution is 2.16. The van der Waals surface area contributed by atoms with Gasteiger partial charge >= 0.3 is 0 Å². The van der Waals surface area contributed by atoms with Crippen molar-refractivity contribution in [2.45, 2.75) is 45.1 Å². The van der Waals surface area contributed by atoms with Crippen molar-refractivity contribution in [1.82, 2.24) is 0 Å². The molecule has 1 N–H and O–H groups in total. The Kier molecular flexibility index (Phi) is 3.87. The Hall–Kier alpha value is -0.0400. The molecule has 1 unspecified atom stereocenters. The molecule has 0 heterocycles. The molecule has 55 valence electrons. The van der Waals surface area contributed by atoms with Gasteiger partial charge < -0.3 is 5.11 Å². The predicted molar refractivity (Wildman–Crippen MR) is 40.1 cm³/mol. The number of hydrogen-bond donors (Lipinski definition) is 1. The molecule has 0 saturated carbocycles. The normalized spacial score (nSPS) is 17.3. The van der Waals surface area contributed by atoms with E-state index in [9.17, 15) is 5.11 Å². The lowest BCUT2D eigenvalue weighted by atomic mass is 9.97. The summed E-state index contributed by atoms with van der Waals surface area (Å²) in [6.45, 7) is 7.63. The summed E-state index contributed by atoms with van der Waals surface area (Å²) in [4.78, 5) is 0. The Labute approximate surface area is 58.1 Å². The van der Waals surface area contributed by atoms with E-state index in [-0.39, 0.29) is 0 Å². The van der Waals surface area contributed by atoms with Gasteiger partial charge in [0.15, 0.2) is 0 Å². The van der Waals surface area contributed by atoms with E-state index in [0.717, 1.165) is 19.3 Å². The van der Waals surface area contributed by atoms with Crippen molar-refractivity contribution in [3.63, 3.8) is 0 Å². The summed E-state index contributed by atoms with van der Waals surface area (Å²) in [6.07, 6.45) is 3.75. The Morgan fingerprint density at radius 1 is 1.56 bits per heavy atom. The molecular weight excluding hydrogens is 112 g/mol. The lowest BCUT2D eigenvalue weighted by Crippen LogP contribution is -2.22. The zero-order valence-electron chi connectivity index (χ0n) is 6.48. The predicted octanol–water partition coefficient (Wildman–Crippen LogP) is 2.15. The van der Waals surface area contributed by atoms with E-state index < -0.39 is 5.60 Å². The fraction of sp³-hybridized carbons (Fsp3) is 0.875. The number of unbranched alkanes of at least 4 members (excludes halogenated alkanes) is 1. The number of aliphatic hydroxyl groups is 1. The van der Waals surface area contributed by atoms with Crippen molar-refractivity contribution in [2.75, 3.05) is 0 Å². The Balaban J connectivity index is 3.33. The van der Waals surface area contributed by atoms with Crippen LogP contribution in [0.4, 0.5) is 0 Å². The maximum absolute atomic E-state index is 9.39.